The number of fused-ring (bicyclic) bond motifs is 2. The maximum Gasteiger partial charge on any atom is 0.358 e. The second-order valence-electron chi connectivity index (χ2n) is 6.06. The Bertz CT molecular complexity index is 997. The van der Waals surface area contributed by atoms with Gasteiger partial charge in [-0.05, 0) is 24.6 Å². The number of hydrogen-bond donors (Lipinski definition) is 0. The summed E-state index contributed by atoms with van der Waals surface area (Å²) in [5, 5.41) is 4.27. The molecule has 0 saturated heterocycles. The number of hydrogen-bond acceptors (Lipinski definition) is 6. The van der Waals surface area contributed by atoms with Crippen molar-refractivity contribution in [2.75, 3.05) is 13.7 Å². The minimum atomic E-state index is -0.483. The van der Waals surface area contributed by atoms with Gasteiger partial charge in [0.1, 0.15) is 5.69 Å². The van der Waals surface area contributed by atoms with Crippen molar-refractivity contribution in [3.05, 3.63) is 53.6 Å². The standard InChI is InChI=1S/C18H17N5O3/c1-26-18(25)15-9-12-11-22(7-4-8-23(12)21-15)17(24)16-10-19-13-5-2-3-6-14(13)20-16/h2-3,5-6,9-10H,4,7-8,11H2,1H3. The summed E-state index contributed by atoms with van der Waals surface area (Å²) in [6.45, 7) is 1.58. The Morgan fingerprint density at radius 1 is 1.12 bits per heavy atom. The first-order chi connectivity index (χ1) is 12.7. The lowest BCUT2D eigenvalue weighted by Crippen LogP contribution is -2.31. The van der Waals surface area contributed by atoms with Crippen molar-refractivity contribution in [3.63, 3.8) is 0 Å². The van der Waals surface area contributed by atoms with Gasteiger partial charge in [-0.25, -0.2) is 9.78 Å². The summed E-state index contributed by atoms with van der Waals surface area (Å²) < 4.78 is 6.47. The highest BCUT2D eigenvalue weighted by molar-refractivity contribution is 5.94. The van der Waals surface area contributed by atoms with Crippen LogP contribution in [0.1, 0.15) is 33.1 Å². The monoisotopic (exact) mass is 351 g/mol. The van der Waals surface area contributed by atoms with E-state index in [1.807, 2.05) is 24.3 Å². The van der Waals surface area contributed by atoms with Gasteiger partial charge in [0.05, 0.1) is 36.6 Å². The molecule has 0 bridgehead atoms. The SMILES string of the molecule is COC(=O)c1cc2n(n1)CCCN(C(=O)c1cnc3ccccc3n1)C2. The van der Waals surface area contributed by atoms with E-state index in [2.05, 4.69) is 15.1 Å². The quantitative estimate of drug-likeness (QED) is 0.652. The second-order valence-corrected chi connectivity index (χ2v) is 6.06. The van der Waals surface area contributed by atoms with E-state index in [-0.39, 0.29) is 11.6 Å². The van der Waals surface area contributed by atoms with Crippen LogP contribution in [0.25, 0.3) is 11.0 Å². The topological polar surface area (TPSA) is 90.2 Å². The van der Waals surface area contributed by atoms with Crippen LogP contribution in [0, 0.1) is 0 Å². The lowest BCUT2D eigenvalue weighted by molar-refractivity contribution is 0.0593. The molecule has 0 saturated carbocycles. The Morgan fingerprint density at radius 2 is 1.92 bits per heavy atom. The van der Waals surface area contributed by atoms with Crippen LogP contribution in [-0.4, -0.2) is 50.2 Å². The average Bonchev–Trinajstić information content (AvgIpc) is 2.98. The third-order valence-corrected chi connectivity index (χ3v) is 4.36. The third kappa shape index (κ3) is 2.90. The summed E-state index contributed by atoms with van der Waals surface area (Å²) in [7, 11) is 1.32. The molecule has 0 aliphatic carbocycles. The molecule has 0 atom stereocenters. The summed E-state index contributed by atoms with van der Waals surface area (Å²) >= 11 is 0. The number of nitrogens with zero attached hydrogens (tertiary/aromatic N) is 5. The fourth-order valence-electron chi connectivity index (χ4n) is 3.06. The Labute approximate surface area is 149 Å². The molecule has 26 heavy (non-hydrogen) atoms. The van der Waals surface area contributed by atoms with Crippen molar-refractivity contribution in [2.45, 2.75) is 19.5 Å². The largest absolute Gasteiger partial charge is 0.464 e. The van der Waals surface area contributed by atoms with E-state index in [9.17, 15) is 9.59 Å². The lowest BCUT2D eigenvalue weighted by Gasteiger charge is -2.19. The smallest absolute Gasteiger partial charge is 0.358 e. The van der Waals surface area contributed by atoms with Crippen LogP contribution >= 0.6 is 0 Å². The molecule has 8 nitrogen and oxygen atoms in total. The molecule has 3 heterocycles. The van der Waals surface area contributed by atoms with Gasteiger partial charge in [0, 0.05) is 13.1 Å². The van der Waals surface area contributed by atoms with Crippen LogP contribution in [0.2, 0.25) is 0 Å². The highest BCUT2D eigenvalue weighted by atomic mass is 16.5. The van der Waals surface area contributed by atoms with Gasteiger partial charge < -0.3 is 9.64 Å². The van der Waals surface area contributed by atoms with Crippen LogP contribution in [0.3, 0.4) is 0 Å². The number of ether oxygens (including phenoxy) is 1. The first-order valence-corrected chi connectivity index (χ1v) is 8.32. The van der Waals surface area contributed by atoms with Gasteiger partial charge in [-0.15, -0.1) is 0 Å². The number of methoxy groups -OCH3 is 1. The molecule has 4 rings (SSSR count). The van der Waals surface area contributed by atoms with E-state index >= 15 is 0 Å². The lowest BCUT2D eigenvalue weighted by atomic mass is 10.2. The molecule has 3 aromatic rings. The molecule has 0 spiro atoms. The van der Waals surface area contributed by atoms with Crippen LogP contribution in [0.15, 0.2) is 36.5 Å². The molecule has 0 unspecified atom stereocenters. The minimum absolute atomic E-state index is 0.183. The molecule has 132 valence electrons. The number of carbonyl (C=O) groups is 2. The van der Waals surface area contributed by atoms with Gasteiger partial charge in [-0.1, -0.05) is 12.1 Å². The third-order valence-electron chi connectivity index (χ3n) is 4.36. The summed E-state index contributed by atoms with van der Waals surface area (Å²) in [6.07, 6.45) is 2.24. The van der Waals surface area contributed by atoms with E-state index in [1.165, 1.54) is 13.3 Å². The number of amides is 1. The van der Waals surface area contributed by atoms with Crippen molar-refractivity contribution < 1.29 is 14.3 Å². The van der Waals surface area contributed by atoms with E-state index in [0.29, 0.717) is 30.8 Å². The molecule has 2 aromatic heterocycles. The Balaban J connectivity index is 1.61. The molecule has 8 heteroatoms. The van der Waals surface area contributed by atoms with Crippen LogP contribution in [0.4, 0.5) is 0 Å². The molecule has 0 radical (unpaired) electrons. The summed E-state index contributed by atoms with van der Waals surface area (Å²) in [5.41, 5.74) is 2.80. The fraction of sp³-hybridized carbons (Fsp3) is 0.278. The molecular formula is C18H17N5O3. The van der Waals surface area contributed by atoms with Crippen LogP contribution < -0.4 is 0 Å². The Kier molecular flexibility index (Phi) is 4.08. The first kappa shape index (κ1) is 16.2. The van der Waals surface area contributed by atoms with Crippen molar-refractivity contribution in [1.29, 1.82) is 0 Å². The number of para-hydroxylation sites is 2. The van der Waals surface area contributed by atoms with Gasteiger partial charge in [-0.3, -0.25) is 14.5 Å². The number of esters is 1. The maximum atomic E-state index is 12.9. The van der Waals surface area contributed by atoms with E-state index < -0.39 is 5.97 Å². The van der Waals surface area contributed by atoms with Crippen molar-refractivity contribution >= 4 is 22.9 Å². The Morgan fingerprint density at radius 3 is 2.73 bits per heavy atom. The number of benzene rings is 1. The molecule has 1 amide bonds. The number of aryl methyl sites for hydroxylation is 1. The Hall–Kier alpha value is -3.29. The van der Waals surface area contributed by atoms with E-state index in [0.717, 1.165) is 17.6 Å². The van der Waals surface area contributed by atoms with Gasteiger partial charge >= 0.3 is 5.97 Å². The molecule has 1 aliphatic heterocycles. The molecule has 0 fully saturated rings. The van der Waals surface area contributed by atoms with Crippen LogP contribution in [-0.2, 0) is 17.8 Å². The maximum absolute atomic E-state index is 12.9. The second kappa shape index (κ2) is 6.55. The molecular weight excluding hydrogens is 334 g/mol. The molecule has 1 aromatic carbocycles. The van der Waals surface area contributed by atoms with Gasteiger partial charge in [0.2, 0.25) is 0 Å². The zero-order valence-electron chi connectivity index (χ0n) is 14.3. The predicted octanol–water partition coefficient (Wildman–Crippen LogP) is 1.66. The highest BCUT2D eigenvalue weighted by Crippen LogP contribution is 2.17. The normalized spacial score (nSPS) is 14.0. The van der Waals surface area contributed by atoms with Crippen LogP contribution in [0.5, 0.6) is 0 Å². The molecule has 0 N–H and O–H groups in total. The fourth-order valence-corrected chi connectivity index (χ4v) is 3.06. The number of carbonyl (C=O) groups excluding carboxylic acids is 2. The average molecular weight is 351 g/mol. The molecule has 1 aliphatic rings. The van der Waals surface area contributed by atoms with E-state index in [4.69, 9.17) is 4.74 Å². The summed E-state index contributed by atoms with van der Waals surface area (Å²) in [5.74, 6) is -0.665. The van der Waals surface area contributed by atoms with Crippen molar-refractivity contribution in [3.8, 4) is 0 Å². The minimum Gasteiger partial charge on any atom is -0.464 e. The first-order valence-electron chi connectivity index (χ1n) is 8.32. The van der Waals surface area contributed by atoms with Gasteiger partial charge in [0.15, 0.2) is 5.69 Å². The van der Waals surface area contributed by atoms with Gasteiger partial charge in [0.25, 0.3) is 5.91 Å². The summed E-state index contributed by atoms with van der Waals surface area (Å²) in [6, 6.07) is 9.11. The van der Waals surface area contributed by atoms with Crippen molar-refractivity contribution in [2.24, 2.45) is 0 Å². The van der Waals surface area contributed by atoms with Crippen molar-refractivity contribution in [1.82, 2.24) is 24.6 Å². The zero-order chi connectivity index (χ0) is 18.1. The van der Waals surface area contributed by atoms with Gasteiger partial charge in [-0.2, -0.15) is 5.10 Å². The predicted molar refractivity (Wildman–Crippen MR) is 92.5 cm³/mol. The van der Waals surface area contributed by atoms with E-state index in [1.54, 1.807) is 15.6 Å². The summed E-state index contributed by atoms with van der Waals surface area (Å²) in [4.78, 5) is 35.0. The highest BCUT2D eigenvalue weighted by Gasteiger charge is 2.24. The number of aromatic nitrogens is 4. The zero-order valence-corrected chi connectivity index (χ0v) is 14.3. The number of rotatable bonds is 2.